The lowest BCUT2D eigenvalue weighted by Gasteiger charge is -2.39. The van der Waals surface area contributed by atoms with Crippen molar-refractivity contribution in [2.45, 2.75) is 58.1 Å². The maximum atomic E-state index is 12.2. The first-order chi connectivity index (χ1) is 11.3. The van der Waals surface area contributed by atoms with Gasteiger partial charge in [-0.2, -0.15) is 0 Å². The average molecular weight is 330 g/mol. The first-order valence-electron chi connectivity index (χ1n) is 9.15. The zero-order chi connectivity index (χ0) is 17.3. The van der Waals surface area contributed by atoms with Crippen LogP contribution < -0.4 is 5.73 Å². The number of likely N-dealkylation sites (tertiary alicyclic amines) is 1. The van der Waals surface area contributed by atoms with Gasteiger partial charge in [0.1, 0.15) is 5.60 Å². The number of carbonyl (C=O) groups is 1. The minimum Gasteiger partial charge on any atom is -0.444 e. The van der Waals surface area contributed by atoms with Crippen LogP contribution in [0.2, 0.25) is 0 Å². The molecule has 1 saturated heterocycles. The van der Waals surface area contributed by atoms with E-state index >= 15 is 0 Å². The smallest absolute Gasteiger partial charge is 0.410 e. The van der Waals surface area contributed by atoms with Gasteiger partial charge in [-0.05, 0) is 69.4 Å². The fraction of sp³-hybridized carbons (Fsp3) is 0.650. The number of nitrogens with zero attached hydrogens (tertiary/aromatic N) is 1. The molecule has 0 saturated carbocycles. The molecular weight excluding hydrogens is 300 g/mol. The van der Waals surface area contributed by atoms with Gasteiger partial charge < -0.3 is 15.4 Å². The summed E-state index contributed by atoms with van der Waals surface area (Å²) < 4.78 is 5.49. The zero-order valence-corrected chi connectivity index (χ0v) is 15.1. The summed E-state index contributed by atoms with van der Waals surface area (Å²) in [5.41, 5.74) is 8.71. The number of carbonyl (C=O) groups excluding carboxylic acids is 1. The second-order valence-electron chi connectivity index (χ2n) is 8.31. The van der Waals surface area contributed by atoms with Crippen LogP contribution >= 0.6 is 0 Å². The Morgan fingerprint density at radius 3 is 2.50 bits per heavy atom. The molecule has 2 N–H and O–H groups in total. The van der Waals surface area contributed by atoms with Crippen LogP contribution in [0.4, 0.5) is 4.79 Å². The van der Waals surface area contributed by atoms with Crippen molar-refractivity contribution < 1.29 is 9.53 Å². The molecule has 24 heavy (non-hydrogen) atoms. The Morgan fingerprint density at radius 2 is 1.83 bits per heavy atom. The lowest BCUT2D eigenvalue weighted by atomic mass is 9.72. The third kappa shape index (κ3) is 3.92. The van der Waals surface area contributed by atoms with Gasteiger partial charge in [0.2, 0.25) is 0 Å². The maximum Gasteiger partial charge on any atom is 0.410 e. The Hall–Kier alpha value is -1.55. The first-order valence-corrected chi connectivity index (χ1v) is 9.15. The van der Waals surface area contributed by atoms with Crippen molar-refractivity contribution in [3.05, 3.63) is 35.4 Å². The van der Waals surface area contributed by atoms with Gasteiger partial charge in [0, 0.05) is 19.1 Å². The molecule has 2 unspecified atom stereocenters. The summed E-state index contributed by atoms with van der Waals surface area (Å²) in [5.74, 6) is 1.29. The monoisotopic (exact) mass is 330 g/mol. The van der Waals surface area contributed by atoms with Crippen molar-refractivity contribution in [3.8, 4) is 0 Å². The highest BCUT2D eigenvalue weighted by Gasteiger charge is 2.34. The van der Waals surface area contributed by atoms with Gasteiger partial charge >= 0.3 is 6.09 Å². The number of fused-ring (bicyclic) bond motifs is 1. The molecule has 1 aromatic carbocycles. The van der Waals surface area contributed by atoms with Gasteiger partial charge in [-0.25, -0.2) is 4.79 Å². The normalized spacial score (nSPS) is 25.2. The van der Waals surface area contributed by atoms with Crippen molar-refractivity contribution in [3.63, 3.8) is 0 Å². The van der Waals surface area contributed by atoms with E-state index in [1.54, 1.807) is 0 Å². The van der Waals surface area contributed by atoms with E-state index in [1.165, 1.54) is 11.1 Å². The highest BCUT2D eigenvalue weighted by atomic mass is 16.6. The van der Waals surface area contributed by atoms with Gasteiger partial charge in [-0.15, -0.1) is 0 Å². The van der Waals surface area contributed by atoms with E-state index in [9.17, 15) is 4.79 Å². The first kappa shape index (κ1) is 17.3. The molecule has 4 nitrogen and oxygen atoms in total. The molecule has 132 valence electrons. The van der Waals surface area contributed by atoms with E-state index in [4.69, 9.17) is 10.5 Å². The van der Waals surface area contributed by atoms with Crippen molar-refractivity contribution in [1.82, 2.24) is 4.90 Å². The van der Waals surface area contributed by atoms with E-state index in [2.05, 4.69) is 24.3 Å². The predicted molar refractivity (Wildman–Crippen MR) is 95.7 cm³/mol. The van der Waals surface area contributed by atoms with E-state index in [0.29, 0.717) is 11.8 Å². The van der Waals surface area contributed by atoms with Crippen LogP contribution in [0.3, 0.4) is 0 Å². The fourth-order valence-electron chi connectivity index (χ4n) is 4.14. The molecule has 0 aromatic heterocycles. The van der Waals surface area contributed by atoms with Crippen LogP contribution in [0.1, 0.15) is 57.2 Å². The molecule has 2 aliphatic rings. The van der Waals surface area contributed by atoms with E-state index in [-0.39, 0.29) is 12.1 Å². The Balaban J connectivity index is 1.57. The molecule has 2 atom stereocenters. The van der Waals surface area contributed by atoms with Gasteiger partial charge in [0.25, 0.3) is 0 Å². The zero-order valence-electron chi connectivity index (χ0n) is 15.1. The molecule has 1 aliphatic carbocycles. The second kappa shape index (κ2) is 6.75. The SMILES string of the molecule is CC(C)(C)OC(=O)N1CCC(C2Cc3ccccc3C(N)C2)CC1. The number of piperidine rings is 1. The quantitative estimate of drug-likeness (QED) is 0.850. The lowest BCUT2D eigenvalue weighted by molar-refractivity contribution is 0.0153. The summed E-state index contributed by atoms with van der Waals surface area (Å²) in [7, 11) is 0. The summed E-state index contributed by atoms with van der Waals surface area (Å²) in [5, 5.41) is 0. The van der Waals surface area contributed by atoms with Crippen molar-refractivity contribution in [2.24, 2.45) is 17.6 Å². The minimum atomic E-state index is -0.423. The number of nitrogens with two attached hydrogens (primary N) is 1. The molecule has 0 spiro atoms. The highest BCUT2D eigenvalue weighted by Crippen LogP contribution is 2.39. The second-order valence-corrected chi connectivity index (χ2v) is 8.31. The van der Waals surface area contributed by atoms with Crippen molar-refractivity contribution >= 4 is 6.09 Å². The molecule has 1 heterocycles. The number of rotatable bonds is 1. The summed E-state index contributed by atoms with van der Waals surface area (Å²) >= 11 is 0. The van der Waals surface area contributed by atoms with E-state index in [0.717, 1.165) is 38.8 Å². The Kier molecular flexibility index (Phi) is 4.86. The fourth-order valence-corrected chi connectivity index (χ4v) is 4.14. The van der Waals surface area contributed by atoms with Crippen LogP contribution in [0.15, 0.2) is 24.3 Å². The lowest BCUT2D eigenvalue weighted by Crippen LogP contribution is -2.43. The van der Waals surface area contributed by atoms with E-state index in [1.807, 2.05) is 25.7 Å². The third-order valence-electron chi connectivity index (χ3n) is 5.35. The summed E-state index contributed by atoms with van der Waals surface area (Å²) in [6.07, 6.45) is 4.12. The Labute approximate surface area is 145 Å². The highest BCUT2D eigenvalue weighted by molar-refractivity contribution is 5.68. The molecule has 3 rings (SSSR count). The maximum absolute atomic E-state index is 12.2. The summed E-state index contributed by atoms with van der Waals surface area (Å²) in [6.45, 7) is 7.34. The van der Waals surface area contributed by atoms with Crippen LogP contribution in [0.25, 0.3) is 0 Å². The number of hydrogen-bond acceptors (Lipinski definition) is 3. The van der Waals surface area contributed by atoms with Crippen LogP contribution in [-0.4, -0.2) is 29.7 Å². The minimum absolute atomic E-state index is 0.156. The van der Waals surface area contributed by atoms with Gasteiger partial charge in [-0.3, -0.25) is 0 Å². The van der Waals surface area contributed by atoms with Crippen molar-refractivity contribution in [1.29, 1.82) is 0 Å². The third-order valence-corrected chi connectivity index (χ3v) is 5.35. The van der Waals surface area contributed by atoms with Crippen molar-refractivity contribution in [2.75, 3.05) is 13.1 Å². The molecule has 1 fully saturated rings. The largest absolute Gasteiger partial charge is 0.444 e. The molecular formula is C20H30N2O2. The molecule has 1 aliphatic heterocycles. The predicted octanol–water partition coefficient (Wildman–Crippen LogP) is 3.90. The Morgan fingerprint density at radius 1 is 1.17 bits per heavy atom. The molecule has 0 bridgehead atoms. The standard InChI is InChI=1S/C20H30N2O2/c1-20(2,3)24-19(23)22-10-8-14(9-11-22)16-12-15-6-4-5-7-17(15)18(21)13-16/h4-7,14,16,18H,8-13,21H2,1-3H3. The number of benzene rings is 1. The molecule has 4 heteroatoms. The molecule has 0 radical (unpaired) electrons. The van der Waals surface area contributed by atoms with Crippen LogP contribution in [0.5, 0.6) is 0 Å². The topological polar surface area (TPSA) is 55.6 Å². The summed E-state index contributed by atoms with van der Waals surface area (Å²) in [4.78, 5) is 14.1. The van der Waals surface area contributed by atoms with Gasteiger partial charge in [0.05, 0.1) is 0 Å². The Bertz CT molecular complexity index is 586. The average Bonchev–Trinajstić information content (AvgIpc) is 2.53. The molecule has 1 aromatic rings. The van der Waals surface area contributed by atoms with Gasteiger partial charge in [-0.1, -0.05) is 24.3 Å². The number of amides is 1. The number of hydrogen-bond donors (Lipinski definition) is 1. The van der Waals surface area contributed by atoms with Crippen LogP contribution in [0, 0.1) is 11.8 Å². The molecule has 1 amide bonds. The van der Waals surface area contributed by atoms with E-state index < -0.39 is 5.60 Å². The summed E-state index contributed by atoms with van der Waals surface area (Å²) in [6, 6.07) is 8.74. The van der Waals surface area contributed by atoms with Crippen LogP contribution in [-0.2, 0) is 11.2 Å². The number of ether oxygens (including phenoxy) is 1. The van der Waals surface area contributed by atoms with Gasteiger partial charge in [0.15, 0.2) is 0 Å².